The Hall–Kier alpha value is -1.82. The first-order valence-corrected chi connectivity index (χ1v) is 8.03. The van der Waals surface area contributed by atoms with E-state index in [4.69, 9.17) is 5.11 Å². The molecule has 0 bridgehead atoms. The van der Waals surface area contributed by atoms with E-state index in [2.05, 4.69) is 4.98 Å². The second-order valence-corrected chi connectivity index (χ2v) is 6.15. The van der Waals surface area contributed by atoms with Crippen LogP contribution in [0.3, 0.4) is 0 Å². The number of likely N-dealkylation sites (tertiary alicyclic amines) is 2. The maximum atomic E-state index is 12.4. The Kier molecular flexibility index (Phi) is 4.47. The van der Waals surface area contributed by atoms with Crippen molar-refractivity contribution in [2.45, 2.75) is 31.7 Å². The zero-order chi connectivity index (χ0) is 15.5. The maximum Gasteiger partial charge on any atom is 0.270 e. The highest BCUT2D eigenvalue weighted by molar-refractivity contribution is 5.92. The molecule has 6 heteroatoms. The number of hydrogen-bond acceptors (Lipinski definition) is 3. The molecule has 1 aromatic heterocycles. The maximum absolute atomic E-state index is 12.4. The zero-order valence-electron chi connectivity index (χ0n) is 12.7. The van der Waals surface area contributed by atoms with Crippen molar-refractivity contribution in [3.8, 4) is 0 Å². The lowest BCUT2D eigenvalue weighted by molar-refractivity contribution is -0.140. The van der Waals surface area contributed by atoms with Crippen molar-refractivity contribution in [1.82, 2.24) is 14.8 Å². The fourth-order valence-electron chi connectivity index (χ4n) is 3.70. The number of hydrogen-bond donors (Lipinski definition) is 2. The Labute approximate surface area is 130 Å². The molecule has 2 atom stereocenters. The number of amides is 2. The van der Waals surface area contributed by atoms with Gasteiger partial charge in [0.1, 0.15) is 5.69 Å². The molecule has 3 heterocycles. The third-order valence-corrected chi connectivity index (χ3v) is 4.82. The number of aliphatic hydroxyl groups excluding tert-OH is 1. The highest BCUT2D eigenvalue weighted by Gasteiger charge is 2.40. The molecule has 6 nitrogen and oxygen atoms in total. The lowest BCUT2D eigenvalue weighted by atomic mass is 9.83. The zero-order valence-corrected chi connectivity index (χ0v) is 12.7. The number of aromatic nitrogens is 1. The monoisotopic (exact) mass is 305 g/mol. The van der Waals surface area contributed by atoms with Crippen molar-refractivity contribution in [3.05, 3.63) is 24.0 Å². The number of aliphatic hydroxyl groups is 1. The summed E-state index contributed by atoms with van der Waals surface area (Å²) in [6.45, 7) is 2.13. The summed E-state index contributed by atoms with van der Waals surface area (Å²) in [6.07, 6.45) is 4.62. The molecule has 2 aliphatic rings. The van der Waals surface area contributed by atoms with E-state index in [0.717, 1.165) is 12.8 Å². The Morgan fingerprint density at radius 2 is 2.27 bits per heavy atom. The molecule has 120 valence electrons. The molecule has 2 saturated heterocycles. The second kappa shape index (κ2) is 6.52. The van der Waals surface area contributed by atoms with Crippen LogP contribution >= 0.6 is 0 Å². The third kappa shape index (κ3) is 2.88. The van der Waals surface area contributed by atoms with Crippen molar-refractivity contribution in [2.24, 2.45) is 5.92 Å². The van der Waals surface area contributed by atoms with Gasteiger partial charge in [0.05, 0.1) is 0 Å². The molecule has 2 fully saturated rings. The summed E-state index contributed by atoms with van der Waals surface area (Å²) in [5, 5.41) is 9.01. The number of nitrogens with zero attached hydrogens (tertiary/aromatic N) is 2. The van der Waals surface area contributed by atoms with Crippen LogP contribution in [0, 0.1) is 5.92 Å². The Morgan fingerprint density at radius 1 is 1.41 bits per heavy atom. The minimum atomic E-state index is 0.0438. The largest absolute Gasteiger partial charge is 0.396 e. The Balaban J connectivity index is 1.66. The molecule has 0 radical (unpaired) electrons. The first-order valence-electron chi connectivity index (χ1n) is 8.03. The van der Waals surface area contributed by atoms with Crippen LogP contribution in [0.1, 0.15) is 36.2 Å². The summed E-state index contributed by atoms with van der Waals surface area (Å²) < 4.78 is 0. The minimum Gasteiger partial charge on any atom is -0.396 e. The van der Waals surface area contributed by atoms with Gasteiger partial charge in [0.2, 0.25) is 5.91 Å². The molecule has 1 aromatic rings. The first-order chi connectivity index (χ1) is 10.7. The van der Waals surface area contributed by atoms with Crippen LogP contribution in [0.25, 0.3) is 0 Å². The van der Waals surface area contributed by atoms with Crippen LogP contribution < -0.4 is 0 Å². The predicted molar refractivity (Wildman–Crippen MR) is 81.2 cm³/mol. The summed E-state index contributed by atoms with van der Waals surface area (Å²) in [6, 6.07) is 3.85. The smallest absolute Gasteiger partial charge is 0.270 e. The van der Waals surface area contributed by atoms with Gasteiger partial charge >= 0.3 is 0 Å². The number of piperidine rings is 2. The van der Waals surface area contributed by atoms with Crippen LogP contribution in [0.4, 0.5) is 0 Å². The number of rotatable bonds is 4. The summed E-state index contributed by atoms with van der Waals surface area (Å²) in [5.74, 6) is 0.588. The number of H-pyrrole nitrogens is 1. The molecule has 2 aliphatic heterocycles. The molecule has 0 aliphatic carbocycles. The summed E-state index contributed by atoms with van der Waals surface area (Å²) in [4.78, 5) is 31.3. The van der Waals surface area contributed by atoms with Gasteiger partial charge in [-0.25, -0.2) is 0 Å². The van der Waals surface area contributed by atoms with Gasteiger partial charge in [-0.15, -0.1) is 0 Å². The predicted octanol–water partition coefficient (Wildman–Crippen LogP) is 0.850. The fourth-order valence-corrected chi connectivity index (χ4v) is 3.70. The van der Waals surface area contributed by atoms with Gasteiger partial charge in [0.15, 0.2) is 0 Å². The van der Waals surface area contributed by atoms with Crippen molar-refractivity contribution < 1.29 is 14.7 Å². The van der Waals surface area contributed by atoms with Gasteiger partial charge in [0.25, 0.3) is 5.91 Å². The lowest BCUT2D eigenvalue weighted by Crippen LogP contribution is -2.57. The molecule has 0 saturated carbocycles. The molecular formula is C16H23N3O3. The molecule has 2 N–H and O–H groups in total. The minimum absolute atomic E-state index is 0.0438. The van der Waals surface area contributed by atoms with Gasteiger partial charge in [0, 0.05) is 44.9 Å². The summed E-state index contributed by atoms with van der Waals surface area (Å²) in [7, 11) is 0. The van der Waals surface area contributed by atoms with Gasteiger partial charge in [-0.2, -0.15) is 0 Å². The molecule has 3 rings (SSSR count). The lowest BCUT2D eigenvalue weighted by Gasteiger charge is -2.47. The van der Waals surface area contributed by atoms with E-state index in [9.17, 15) is 9.59 Å². The molecule has 2 amide bonds. The van der Waals surface area contributed by atoms with Crippen LogP contribution in [0.2, 0.25) is 0 Å². The van der Waals surface area contributed by atoms with Crippen LogP contribution in [0.5, 0.6) is 0 Å². The normalized spacial score (nSPS) is 25.2. The van der Waals surface area contributed by atoms with Crippen LogP contribution in [0.15, 0.2) is 18.3 Å². The molecule has 22 heavy (non-hydrogen) atoms. The van der Waals surface area contributed by atoms with E-state index < -0.39 is 0 Å². The average Bonchev–Trinajstić information content (AvgIpc) is 3.07. The molecule has 0 aromatic carbocycles. The van der Waals surface area contributed by atoms with E-state index in [-0.39, 0.29) is 24.5 Å². The van der Waals surface area contributed by atoms with E-state index in [1.54, 1.807) is 12.3 Å². The Morgan fingerprint density at radius 3 is 3.00 bits per heavy atom. The number of aromatic amines is 1. The van der Waals surface area contributed by atoms with Crippen LogP contribution in [-0.2, 0) is 4.79 Å². The molecular weight excluding hydrogens is 282 g/mol. The van der Waals surface area contributed by atoms with Gasteiger partial charge in [-0.05, 0) is 37.3 Å². The Bertz CT molecular complexity index is 529. The standard InChI is InChI=1S/C16H23N3O3/c20-10-2-8-19-14-6-9-18(11-12(14)4-5-15(19)21)16(22)13-3-1-7-17-13/h1,3,7,12,14,17,20H,2,4-6,8-11H2/t12-,14+/m0/s1. The van der Waals surface area contributed by atoms with Gasteiger partial charge in [-0.3, -0.25) is 9.59 Å². The fraction of sp³-hybridized carbons (Fsp3) is 0.625. The van der Waals surface area contributed by atoms with Gasteiger partial charge < -0.3 is 19.9 Å². The van der Waals surface area contributed by atoms with Crippen molar-refractivity contribution in [2.75, 3.05) is 26.2 Å². The second-order valence-electron chi connectivity index (χ2n) is 6.15. The van der Waals surface area contributed by atoms with Crippen molar-refractivity contribution >= 4 is 11.8 Å². The average molecular weight is 305 g/mol. The summed E-state index contributed by atoms with van der Waals surface area (Å²) in [5.41, 5.74) is 0.627. The topological polar surface area (TPSA) is 76.6 Å². The van der Waals surface area contributed by atoms with E-state index in [1.807, 2.05) is 15.9 Å². The quantitative estimate of drug-likeness (QED) is 0.866. The first kappa shape index (κ1) is 15.1. The molecule has 0 unspecified atom stereocenters. The van der Waals surface area contributed by atoms with Crippen LogP contribution in [-0.4, -0.2) is 64.0 Å². The number of nitrogens with one attached hydrogen (secondary N) is 1. The molecule has 0 spiro atoms. The number of fused-ring (bicyclic) bond motifs is 1. The number of carbonyl (C=O) groups is 2. The van der Waals surface area contributed by atoms with Crippen molar-refractivity contribution in [1.29, 1.82) is 0 Å². The van der Waals surface area contributed by atoms with Crippen molar-refractivity contribution in [3.63, 3.8) is 0 Å². The third-order valence-electron chi connectivity index (χ3n) is 4.82. The highest BCUT2D eigenvalue weighted by Crippen LogP contribution is 2.31. The highest BCUT2D eigenvalue weighted by atomic mass is 16.3. The van der Waals surface area contributed by atoms with E-state index in [1.165, 1.54) is 0 Å². The SMILES string of the molecule is O=C(c1ccc[nH]1)N1CC[C@@H]2[C@@H](CCC(=O)N2CCCO)C1. The van der Waals surface area contributed by atoms with Gasteiger partial charge in [-0.1, -0.05) is 0 Å². The van der Waals surface area contributed by atoms with E-state index in [0.29, 0.717) is 44.1 Å². The van der Waals surface area contributed by atoms with E-state index >= 15 is 0 Å². The number of carbonyl (C=O) groups excluding carboxylic acids is 2. The summed E-state index contributed by atoms with van der Waals surface area (Å²) >= 11 is 0.